The van der Waals surface area contributed by atoms with E-state index < -0.39 is 21.7 Å². The van der Waals surface area contributed by atoms with Crippen molar-refractivity contribution in [1.82, 2.24) is 10.9 Å². The number of hydrogen-bond acceptors (Lipinski definition) is 5. The van der Waals surface area contributed by atoms with Gasteiger partial charge in [0, 0.05) is 17.4 Å². The summed E-state index contributed by atoms with van der Waals surface area (Å²) in [5.74, 6) is -1.19. The topological polar surface area (TPSA) is 75.3 Å². The van der Waals surface area contributed by atoms with Crippen LogP contribution in [0.1, 0.15) is 17.9 Å². The molecule has 2 N–H and O–H groups in total. The van der Waals surface area contributed by atoms with Crippen LogP contribution in [0, 0.1) is 0 Å². The summed E-state index contributed by atoms with van der Waals surface area (Å²) in [7, 11) is -3.57. The second-order valence-corrected chi connectivity index (χ2v) is 9.05. The van der Waals surface area contributed by atoms with Crippen LogP contribution < -0.4 is 62.2 Å². The minimum absolute atomic E-state index is 0. The first-order valence-electron chi connectivity index (χ1n) is 7.57. The van der Waals surface area contributed by atoms with Crippen LogP contribution >= 0.6 is 23.8 Å². The summed E-state index contributed by atoms with van der Waals surface area (Å²) < 4.78 is 25.4. The van der Waals surface area contributed by atoms with Gasteiger partial charge in [-0.25, -0.2) is 8.42 Å². The normalized spacial score (nSPS) is 11.7. The number of hydrazine groups is 1. The number of sulfone groups is 1. The summed E-state index contributed by atoms with van der Waals surface area (Å²) in [5.41, 5.74) is 5.45. The molecule has 138 valence electrons. The molecule has 5 nitrogen and oxygen atoms in total. The van der Waals surface area contributed by atoms with E-state index in [1.54, 1.807) is 42.5 Å². The van der Waals surface area contributed by atoms with Gasteiger partial charge in [-0.2, -0.15) is 0 Å². The summed E-state index contributed by atoms with van der Waals surface area (Å²) in [5, 5.41) is 0.529. The van der Waals surface area contributed by atoms with E-state index in [-0.39, 0.29) is 72.8 Å². The molecule has 1 atom stereocenters. The zero-order valence-electron chi connectivity index (χ0n) is 14.5. The Kier molecular flexibility index (Phi) is 10.9. The molecule has 2 rings (SSSR count). The Bertz CT molecular complexity index is 878. The van der Waals surface area contributed by atoms with Crippen molar-refractivity contribution in [2.75, 3.05) is 5.75 Å². The van der Waals surface area contributed by atoms with Gasteiger partial charge < -0.3 is 30.3 Å². The number of carbonyl (C=O) groups is 1. The fourth-order valence-corrected chi connectivity index (χ4v) is 4.22. The van der Waals surface area contributed by atoms with Crippen molar-refractivity contribution in [2.45, 2.75) is 17.2 Å². The summed E-state index contributed by atoms with van der Waals surface area (Å²) in [4.78, 5) is 12.3. The van der Waals surface area contributed by atoms with E-state index in [4.69, 9.17) is 11.6 Å². The van der Waals surface area contributed by atoms with Gasteiger partial charge in [-0.15, -0.1) is 0 Å². The maximum Gasteiger partial charge on any atom is 1.00 e. The standard InChI is InChI=1S/C17H17ClN2O3S3.K/c18-14-8-6-12(7-9-14)13(10-16(21)19-20-17(24)25)11-26(22,23)15-4-2-1-3-5-15;/h1-9,13H,10-11H2,(H,19,21)(H2,20,24,25);/q;+1/p-1. The molecule has 1 amide bonds. The van der Waals surface area contributed by atoms with Crippen molar-refractivity contribution in [2.24, 2.45) is 0 Å². The van der Waals surface area contributed by atoms with Crippen molar-refractivity contribution in [3.05, 3.63) is 65.2 Å². The molecule has 0 heterocycles. The van der Waals surface area contributed by atoms with Crippen molar-refractivity contribution in [1.29, 1.82) is 0 Å². The van der Waals surface area contributed by atoms with Crippen molar-refractivity contribution in [3.63, 3.8) is 0 Å². The van der Waals surface area contributed by atoms with Crippen LogP contribution in [-0.4, -0.2) is 24.4 Å². The molecule has 2 aromatic rings. The first-order chi connectivity index (χ1) is 12.3. The van der Waals surface area contributed by atoms with Crippen molar-refractivity contribution >= 4 is 56.5 Å². The van der Waals surface area contributed by atoms with Gasteiger partial charge in [0.05, 0.1) is 10.6 Å². The second kappa shape index (κ2) is 11.8. The smallest absolute Gasteiger partial charge is 0.410 e. The van der Waals surface area contributed by atoms with Gasteiger partial charge in [-0.1, -0.05) is 41.9 Å². The summed E-state index contributed by atoms with van der Waals surface area (Å²) >= 11 is 15.2. The maximum atomic E-state index is 12.7. The third-order valence-corrected chi connectivity index (χ3v) is 5.89. The molecule has 0 aromatic heterocycles. The zero-order chi connectivity index (χ0) is 19.2. The number of rotatable bonds is 6. The minimum Gasteiger partial charge on any atom is -0.410 e. The van der Waals surface area contributed by atoms with Gasteiger partial charge in [0.15, 0.2) is 9.84 Å². The molecule has 0 saturated heterocycles. The number of thiocarbonyl (C=S) groups is 1. The molecular formula is C17H16ClKN2O3S3. The number of nitrogens with one attached hydrogen (secondary N) is 2. The van der Waals surface area contributed by atoms with Gasteiger partial charge in [-0.05, 0) is 34.1 Å². The van der Waals surface area contributed by atoms with E-state index in [0.29, 0.717) is 10.6 Å². The number of amides is 1. The molecule has 0 fully saturated rings. The Hall–Kier alpha value is -0.104. The molecule has 0 aliphatic heterocycles. The second-order valence-electron chi connectivity index (χ2n) is 5.51. The van der Waals surface area contributed by atoms with Crippen LogP contribution in [0.5, 0.6) is 0 Å². The molecule has 0 spiro atoms. The summed E-state index contributed by atoms with van der Waals surface area (Å²) in [6.07, 6.45) is -0.0569. The number of halogens is 1. The molecule has 1 unspecified atom stereocenters. The SMILES string of the molecule is O=C(CC(CS(=O)(=O)c1ccccc1)c1ccc(Cl)cc1)NNC(=S)[S-].[K+]. The minimum atomic E-state index is -3.57. The van der Waals surface area contributed by atoms with Crippen LogP contribution in [0.25, 0.3) is 0 Å². The third kappa shape index (κ3) is 8.42. The van der Waals surface area contributed by atoms with E-state index in [9.17, 15) is 13.2 Å². The average molecular weight is 467 g/mol. The van der Waals surface area contributed by atoms with E-state index in [2.05, 4.69) is 35.7 Å². The van der Waals surface area contributed by atoms with Gasteiger partial charge in [0.1, 0.15) is 0 Å². The van der Waals surface area contributed by atoms with Crippen LogP contribution in [0.3, 0.4) is 0 Å². The molecule has 0 aliphatic carbocycles. The number of carbonyl (C=O) groups excluding carboxylic acids is 1. The van der Waals surface area contributed by atoms with Gasteiger partial charge in [0.2, 0.25) is 5.91 Å². The van der Waals surface area contributed by atoms with E-state index in [1.165, 1.54) is 12.1 Å². The average Bonchev–Trinajstić information content (AvgIpc) is 2.60. The predicted octanol–water partition coefficient (Wildman–Crippen LogP) is -0.256. The van der Waals surface area contributed by atoms with E-state index in [1.807, 2.05) is 0 Å². The van der Waals surface area contributed by atoms with E-state index in [0.717, 1.165) is 0 Å². The Morgan fingerprint density at radius 1 is 1.07 bits per heavy atom. The van der Waals surface area contributed by atoms with Crippen LogP contribution in [0.4, 0.5) is 0 Å². The molecule has 10 heteroatoms. The summed E-state index contributed by atoms with van der Waals surface area (Å²) in [6.45, 7) is 0. The fourth-order valence-electron chi connectivity index (χ4n) is 2.39. The largest absolute Gasteiger partial charge is 1.00 e. The molecule has 2 aromatic carbocycles. The monoisotopic (exact) mass is 466 g/mol. The molecule has 0 aliphatic rings. The number of benzene rings is 2. The Labute approximate surface area is 217 Å². The zero-order valence-corrected chi connectivity index (χ0v) is 20.8. The Morgan fingerprint density at radius 2 is 1.67 bits per heavy atom. The Morgan fingerprint density at radius 3 is 2.22 bits per heavy atom. The quantitative estimate of drug-likeness (QED) is 0.264. The van der Waals surface area contributed by atoms with Crippen LogP contribution in [0.2, 0.25) is 5.02 Å². The van der Waals surface area contributed by atoms with Crippen LogP contribution in [-0.2, 0) is 27.3 Å². The first-order valence-corrected chi connectivity index (χ1v) is 10.4. The number of hydrogen-bond donors (Lipinski definition) is 2. The fraction of sp³-hybridized carbons (Fsp3) is 0.176. The van der Waals surface area contributed by atoms with Crippen molar-refractivity contribution in [3.8, 4) is 0 Å². The van der Waals surface area contributed by atoms with Gasteiger partial charge in [-0.3, -0.25) is 10.2 Å². The first kappa shape index (κ1) is 24.9. The molecule has 27 heavy (non-hydrogen) atoms. The van der Waals surface area contributed by atoms with Gasteiger partial charge >= 0.3 is 51.4 Å². The van der Waals surface area contributed by atoms with Crippen LogP contribution in [0.15, 0.2) is 59.5 Å². The Balaban J connectivity index is 0.00000364. The third-order valence-electron chi connectivity index (χ3n) is 3.60. The molecular weight excluding hydrogens is 451 g/mol. The summed E-state index contributed by atoms with van der Waals surface area (Å²) in [6, 6.07) is 14.9. The van der Waals surface area contributed by atoms with Crippen molar-refractivity contribution < 1.29 is 64.6 Å². The maximum absolute atomic E-state index is 12.7. The van der Waals surface area contributed by atoms with E-state index >= 15 is 0 Å². The molecule has 0 bridgehead atoms. The molecule has 0 radical (unpaired) electrons. The molecule has 0 saturated carbocycles. The van der Waals surface area contributed by atoms with Gasteiger partial charge in [0.25, 0.3) is 0 Å². The predicted molar refractivity (Wildman–Crippen MR) is 109 cm³/mol.